The fourth-order valence-electron chi connectivity index (χ4n) is 2.10. The zero-order chi connectivity index (χ0) is 13.0. The summed E-state index contributed by atoms with van der Waals surface area (Å²) in [5.74, 6) is -1.52. The van der Waals surface area contributed by atoms with E-state index in [1.807, 2.05) is 7.05 Å². The predicted molar refractivity (Wildman–Crippen MR) is 63.6 cm³/mol. The third-order valence-corrected chi connectivity index (χ3v) is 3.24. The van der Waals surface area contributed by atoms with E-state index < -0.39 is 11.6 Å². The molecule has 1 heterocycles. The Labute approximate surface area is 105 Å². The van der Waals surface area contributed by atoms with Crippen molar-refractivity contribution in [2.75, 3.05) is 26.9 Å². The van der Waals surface area contributed by atoms with Crippen LogP contribution in [0, 0.1) is 17.6 Å². The highest BCUT2D eigenvalue weighted by Gasteiger charge is 2.25. The van der Waals surface area contributed by atoms with E-state index in [1.54, 1.807) is 0 Å². The summed E-state index contributed by atoms with van der Waals surface area (Å²) in [6, 6.07) is 4.01. The lowest BCUT2D eigenvalue weighted by Gasteiger charge is -2.22. The van der Waals surface area contributed by atoms with Gasteiger partial charge in [0.05, 0.1) is 6.61 Å². The second kappa shape index (κ2) is 6.11. The quantitative estimate of drug-likeness (QED) is 0.874. The SMILES string of the molecule is CNC(COc1cccc(F)c1F)C1CCOC1. The molecule has 1 N–H and O–H groups in total. The molecule has 0 amide bonds. The first kappa shape index (κ1) is 13.2. The number of halogens is 2. The van der Waals surface area contributed by atoms with Crippen LogP contribution in [0.1, 0.15) is 6.42 Å². The van der Waals surface area contributed by atoms with Crippen LogP contribution in [0.4, 0.5) is 8.78 Å². The second-order valence-electron chi connectivity index (χ2n) is 4.38. The molecule has 100 valence electrons. The van der Waals surface area contributed by atoms with Gasteiger partial charge in [0, 0.05) is 18.6 Å². The third-order valence-electron chi connectivity index (χ3n) is 3.24. The molecule has 1 aliphatic rings. The normalized spacial score (nSPS) is 20.9. The molecule has 1 aromatic carbocycles. The van der Waals surface area contributed by atoms with Crippen LogP contribution in [-0.4, -0.2) is 32.9 Å². The van der Waals surface area contributed by atoms with Gasteiger partial charge in [-0.1, -0.05) is 6.07 Å². The molecule has 0 saturated carbocycles. The van der Waals surface area contributed by atoms with Crippen molar-refractivity contribution in [3.05, 3.63) is 29.8 Å². The summed E-state index contributed by atoms with van der Waals surface area (Å²) in [5, 5.41) is 3.13. The molecule has 0 spiro atoms. The van der Waals surface area contributed by atoms with E-state index in [1.165, 1.54) is 12.1 Å². The zero-order valence-electron chi connectivity index (χ0n) is 10.3. The average molecular weight is 257 g/mol. The smallest absolute Gasteiger partial charge is 0.200 e. The first-order chi connectivity index (χ1) is 8.72. The molecule has 0 radical (unpaired) electrons. The Morgan fingerprint density at radius 2 is 2.33 bits per heavy atom. The summed E-state index contributed by atoms with van der Waals surface area (Å²) < 4.78 is 37.0. The van der Waals surface area contributed by atoms with Crippen molar-refractivity contribution in [1.82, 2.24) is 5.32 Å². The molecular formula is C13H17F2NO2. The molecule has 3 nitrogen and oxygen atoms in total. The van der Waals surface area contributed by atoms with Gasteiger partial charge >= 0.3 is 0 Å². The highest BCUT2D eigenvalue weighted by molar-refractivity contribution is 5.25. The van der Waals surface area contributed by atoms with Crippen molar-refractivity contribution in [2.45, 2.75) is 12.5 Å². The number of rotatable bonds is 5. The molecule has 18 heavy (non-hydrogen) atoms. The standard InChI is InChI=1S/C13H17F2NO2/c1-16-11(9-5-6-17-7-9)8-18-12-4-2-3-10(14)13(12)15/h2-4,9,11,16H,5-8H2,1H3. The largest absolute Gasteiger partial charge is 0.489 e. The summed E-state index contributed by atoms with van der Waals surface area (Å²) in [5.41, 5.74) is 0. The molecule has 2 rings (SSSR count). The van der Waals surface area contributed by atoms with Crippen molar-refractivity contribution in [3.63, 3.8) is 0 Å². The Bertz CT molecular complexity index is 395. The van der Waals surface area contributed by atoms with Crippen molar-refractivity contribution < 1.29 is 18.3 Å². The van der Waals surface area contributed by atoms with Gasteiger partial charge in [-0.15, -0.1) is 0 Å². The third kappa shape index (κ3) is 2.97. The summed E-state index contributed by atoms with van der Waals surface area (Å²) in [4.78, 5) is 0. The van der Waals surface area contributed by atoms with Crippen LogP contribution in [-0.2, 0) is 4.74 Å². The molecule has 0 aromatic heterocycles. The molecule has 1 aromatic rings. The minimum Gasteiger partial charge on any atom is -0.489 e. The van der Waals surface area contributed by atoms with Gasteiger partial charge in [0.15, 0.2) is 11.6 Å². The molecule has 1 fully saturated rings. The number of benzene rings is 1. The van der Waals surface area contributed by atoms with Crippen LogP contribution < -0.4 is 10.1 Å². The first-order valence-electron chi connectivity index (χ1n) is 6.04. The predicted octanol–water partition coefficient (Wildman–Crippen LogP) is 1.97. The maximum absolute atomic E-state index is 13.4. The summed E-state index contributed by atoms with van der Waals surface area (Å²) in [6.45, 7) is 1.72. The van der Waals surface area contributed by atoms with E-state index in [0.717, 1.165) is 19.1 Å². The van der Waals surface area contributed by atoms with Gasteiger partial charge in [0.2, 0.25) is 5.82 Å². The number of likely N-dealkylation sites (N-methyl/N-ethyl adjacent to an activating group) is 1. The van der Waals surface area contributed by atoms with Gasteiger partial charge in [-0.05, 0) is 25.6 Å². The first-order valence-corrected chi connectivity index (χ1v) is 6.04. The fraction of sp³-hybridized carbons (Fsp3) is 0.538. The number of hydrogen-bond acceptors (Lipinski definition) is 3. The summed E-state index contributed by atoms with van der Waals surface area (Å²) in [6.07, 6.45) is 0.959. The van der Waals surface area contributed by atoms with Crippen LogP contribution >= 0.6 is 0 Å². The van der Waals surface area contributed by atoms with E-state index in [-0.39, 0.29) is 11.8 Å². The number of ether oxygens (including phenoxy) is 2. The fourth-order valence-corrected chi connectivity index (χ4v) is 2.10. The molecule has 0 bridgehead atoms. The highest BCUT2D eigenvalue weighted by Crippen LogP contribution is 2.21. The number of hydrogen-bond donors (Lipinski definition) is 1. The van der Waals surface area contributed by atoms with Crippen LogP contribution in [0.5, 0.6) is 5.75 Å². The van der Waals surface area contributed by atoms with Gasteiger partial charge < -0.3 is 14.8 Å². The van der Waals surface area contributed by atoms with E-state index in [0.29, 0.717) is 19.1 Å². The highest BCUT2D eigenvalue weighted by atomic mass is 19.2. The van der Waals surface area contributed by atoms with Gasteiger partial charge in [0.25, 0.3) is 0 Å². The molecule has 2 atom stereocenters. The zero-order valence-corrected chi connectivity index (χ0v) is 10.3. The van der Waals surface area contributed by atoms with E-state index in [9.17, 15) is 8.78 Å². The Balaban J connectivity index is 1.94. The Kier molecular flexibility index (Phi) is 4.49. The van der Waals surface area contributed by atoms with Gasteiger partial charge in [-0.25, -0.2) is 4.39 Å². The Morgan fingerprint density at radius 1 is 1.50 bits per heavy atom. The molecule has 5 heteroatoms. The molecular weight excluding hydrogens is 240 g/mol. The van der Waals surface area contributed by atoms with E-state index in [4.69, 9.17) is 9.47 Å². The monoisotopic (exact) mass is 257 g/mol. The van der Waals surface area contributed by atoms with Gasteiger partial charge in [-0.2, -0.15) is 4.39 Å². The minimum atomic E-state index is -0.935. The van der Waals surface area contributed by atoms with Crippen molar-refractivity contribution in [1.29, 1.82) is 0 Å². The molecule has 2 unspecified atom stereocenters. The van der Waals surface area contributed by atoms with E-state index in [2.05, 4.69) is 5.32 Å². The average Bonchev–Trinajstić information content (AvgIpc) is 2.89. The van der Waals surface area contributed by atoms with Crippen molar-refractivity contribution in [3.8, 4) is 5.75 Å². The maximum Gasteiger partial charge on any atom is 0.200 e. The Hall–Kier alpha value is -1.20. The second-order valence-corrected chi connectivity index (χ2v) is 4.38. The topological polar surface area (TPSA) is 30.5 Å². The molecule has 0 aliphatic carbocycles. The minimum absolute atomic E-state index is 0.0471. The van der Waals surface area contributed by atoms with Crippen molar-refractivity contribution in [2.24, 2.45) is 5.92 Å². The van der Waals surface area contributed by atoms with Crippen LogP contribution in [0.3, 0.4) is 0 Å². The maximum atomic E-state index is 13.4. The lowest BCUT2D eigenvalue weighted by molar-refractivity contribution is 0.161. The van der Waals surface area contributed by atoms with Crippen LogP contribution in [0.15, 0.2) is 18.2 Å². The summed E-state index contributed by atoms with van der Waals surface area (Å²) in [7, 11) is 1.83. The number of nitrogens with one attached hydrogen (secondary N) is 1. The van der Waals surface area contributed by atoms with Gasteiger partial charge in [0.1, 0.15) is 6.61 Å². The Morgan fingerprint density at radius 3 is 3.00 bits per heavy atom. The van der Waals surface area contributed by atoms with Crippen LogP contribution in [0.2, 0.25) is 0 Å². The summed E-state index contributed by atoms with van der Waals surface area (Å²) >= 11 is 0. The molecule has 1 saturated heterocycles. The van der Waals surface area contributed by atoms with Gasteiger partial charge in [-0.3, -0.25) is 0 Å². The van der Waals surface area contributed by atoms with Crippen molar-refractivity contribution >= 4 is 0 Å². The van der Waals surface area contributed by atoms with Crippen LogP contribution in [0.25, 0.3) is 0 Å². The molecule has 1 aliphatic heterocycles. The lowest BCUT2D eigenvalue weighted by Crippen LogP contribution is -2.39. The van der Waals surface area contributed by atoms with E-state index >= 15 is 0 Å². The lowest BCUT2D eigenvalue weighted by atomic mass is 10.00.